The lowest BCUT2D eigenvalue weighted by atomic mass is 10.0. The highest BCUT2D eigenvalue weighted by Crippen LogP contribution is 2.35. The molecule has 4 heterocycles. The van der Waals surface area contributed by atoms with E-state index in [1.54, 1.807) is 63.7 Å². The Balaban J connectivity index is 0.969. The number of carbonyl (C=O) groups is 4. The van der Waals surface area contributed by atoms with Crippen LogP contribution in [0.4, 0.5) is 9.59 Å². The molecule has 4 amide bonds. The molecule has 4 atom stereocenters. The molecule has 3 aromatic carbocycles. The van der Waals surface area contributed by atoms with E-state index in [0.717, 1.165) is 53.6 Å². The van der Waals surface area contributed by atoms with Crippen LogP contribution in [0.5, 0.6) is 0 Å². The van der Waals surface area contributed by atoms with Crippen LogP contribution < -0.4 is 10.6 Å². The van der Waals surface area contributed by atoms with Gasteiger partial charge in [-0.15, -0.1) is 0 Å². The quantitative estimate of drug-likeness (QED) is 0.101. The Morgan fingerprint density at radius 3 is 1.81 bits per heavy atom. The lowest BCUT2D eigenvalue weighted by molar-refractivity contribution is -0.135. The number of aromatic nitrogens is 4. The number of H-pyrrole nitrogens is 2. The SMILES string of the molecule is CCC(NC(=O)OC(C)(C)C)C(=O)N1CCCC1c1ncc(C#Cc2ccc(-c3ccc(-c4cnc(C5CCCN5C(=O)C(NC(=O)OC(C)(C)C)c5ccccc5)[nH]4)cc3)cc2)[nH]1. The molecule has 2 fully saturated rings. The normalized spacial score (nSPS) is 17.2. The summed E-state index contributed by atoms with van der Waals surface area (Å²) in [6.45, 7) is 13.7. The van der Waals surface area contributed by atoms with E-state index in [1.807, 2.05) is 73.7 Å². The first-order chi connectivity index (χ1) is 30.5. The van der Waals surface area contributed by atoms with Gasteiger partial charge in [-0.3, -0.25) is 9.59 Å². The number of likely N-dealkylation sites (tertiary alicyclic amines) is 2. The van der Waals surface area contributed by atoms with Crippen LogP contribution in [0.3, 0.4) is 0 Å². The predicted octanol–water partition coefficient (Wildman–Crippen LogP) is 8.76. The molecule has 2 aromatic heterocycles. The number of alkyl carbamates (subject to hydrolysis) is 2. The van der Waals surface area contributed by atoms with Crippen molar-refractivity contribution >= 4 is 24.0 Å². The molecule has 2 aliphatic heterocycles. The predicted molar refractivity (Wildman–Crippen MR) is 243 cm³/mol. The van der Waals surface area contributed by atoms with Crippen molar-refractivity contribution in [2.75, 3.05) is 13.1 Å². The third kappa shape index (κ3) is 11.2. The van der Waals surface area contributed by atoms with Crippen molar-refractivity contribution in [2.45, 2.75) is 116 Å². The fourth-order valence-electron chi connectivity index (χ4n) is 8.09. The largest absolute Gasteiger partial charge is 0.444 e. The Bertz CT molecular complexity index is 2490. The van der Waals surface area contributed by atoms with Crippen molar-refractivity contribution in [1.82, 2.24) is 40.4 Å². The number of hydrogen-bond donors (Lipinski definition) is 4. The third-order valence-electron chi connectivity index (χ3n) is 11.1. The summed E-state index contributed by atoms with van der Waals surface area (Å²) in [5, 5.41) is 5.55. The minimum absolute atomic E-state index is 0.156. The fraction of sp³-hybridized carbons (Fsp3) is 0.400. The molecule has 0 saturated carbocycles. The van der Waals surface area contributed by atoms with Gasteiger partial charge < -0.3 is 39.9 Å². The topological polar surface area (TPSA) is 175 Å². The van der Waals surface area contributed by atoms with Crippen LogP contribution in [0, 0.1) is 11.8 Å². The van der Waals surface area contributed by atoms with E-state index in [-0.39, 0.29) is 23.9 Å². The monoisotopic (exact) mass is 866 g/mol. The van der Waals surface area contributed by atoms with Crippen LogP contribution in [0.2, 0.25) is 0 Å². The van der Waals surface area contributed by atoms with Gasteiger partial charge in [-0.25, -0.2) is 19.6 Å². The average Bonchev–Trinajstić information content (AvgIpc) is 4.10. The van der Waals surface area contributed by atoms with Gasteiger partial charge in [0.1, 0.15) is 40.6 Å². The number of nitrogens with zero attached hydrogens (tertiary/aromatic N) is 4. The van der Waals surface area contributed by atoms with Gasteiger partial charge in [0.05, 0.1) is 30.2 Å². The van der Waals surface area contributed by atoms with E-state index >= 15 is 0 Å². The van der Waals surface area contributed by atoms with Gasteiger partial charge >= 0.3 is 12.2 Å². The summed E-state index contributed by atoms with van der Waals surface area (Å²) in [7, 11) is 0. The van der Waals surface area contributed by atoms with Gasteiger partial charge in [0.25, 0.3) is 5.91 Å². The van der Waals surface area contributed by atoms with Crippen LogP contribution in [-0.2, 0) is 19.1 Å². The second-order valence-electron chi connectivity index (χ2n) is 18.2. The Kier molecular flexibility index (Phi) is 13.6. The zero-order valence-corrected chi connectivity index (χ0v) is 37.7. The molecule has 0 aliphatic carbocycles. The number of rotatable bonds is 10. The van der Waals surface area contributed by atoms with Gasteiger partial charge in [0.2, 0.25) is 5.91 Å². The van der Waals surface area contributed by atoms with Crippen molar-refractivity contribution in [1.29, 1.82) is 0 Å². The lowest BCUT2D eigenvalue weighted by Gasteiger charge is -2.29. The molecule has 2 saturated heterocycles. The number of hydrogen-bond acceptors (Lipinski definition) is 8. The van der Waals surface area contributed by atoms with Gasteiger partial charge in [-0.2, -0.15) is 0 Å². The van der Waals surface area contributed by atoms with Crippen molar-refractivity contribution in [3.05, 3.63) is 120 Å². The molecule has 0 spiro atoms. The number of ether oxygens (including phenoxy) is 2. The Morgan fingerprint density at radius 2 is 1.22 bits per heavy atom. The summed E-state index contributed by atoms with van der Waals surface area (Å²) in [6, 6.07) is 23.4. The molecule has 0 bridgehead atoms. The molecular weight excluding hydrogens is 809 g/mol. The zero-order valence-electron chi connectivity index (χ0n) is 37.7. The average molecular weight is 867 g/mol. The van der Waals surface area contributed by atoms with Crippen LogP contribution in [-0.4, -0.2) is 84.1 Å². The Hall–Kier alpha value is -6.88. The number of amides is 4. The molecule has 334 valence electrons. The summed E-state index contributed by atoms with van der Waals surface area (Å²) >= 11 is 0. The third-order valence-corrected chi connectivity index (χ3v) is 11.1. The first-order valence-electron chi connectivity index (χ1n) is 22.0. The number of carbonyl (C=O) groups excluding carboxylic acids is 4. The van der Waals surface area contributed by atoms with E-state index in [0.29, 0.717) is 42.4 Å². The maximum atomic E-state index is 14.1. The molecule has 0 radical (unpaired) electrons. The molecule has 4 unspecified atom stereocenters. The van der Waals surface area contributed by atoms with E-state index in [1.165, 1.54) is 0 Å². The fourth-order valence-corrected chi connectivity index (χ4v) is 8.09. The van der Waals surface area contributed by atoms with Gasteiger partial charge in [-0.05, 0) is 114 Å². The molecule has 7 rings (SSSR count). The highest BCUT2D eigenvalue weighted by molar-refractivity contribution is 5.88. The van der Waals surface area contributed by atoms with E-state index < -0.39 is 35.5 Å². The highest BCUT2D eigenvalue weighted by Gasteiger charge is 2.38. The van der Waals surface area contributed by atoms with E-state index in [2.05, 4.69) is 49.6 Å². The van der Waals surface area contributed by atoms with Gasteiger partial charge in [-0.1, -0.05) is 79.6 Å². The maximum Gasteiger partial charge on any atom is 0.408 e. The van der Waals surface area contributed by atoms with E-state index in [4.69, 9.17) is 14.5 Å². The number of benzene rings is 3. The summed E-state index contributed by atoms with van der Waals surface area (Å²) in [5.74, 6) is 7.39. The smallest absolute Gasteiger partial charge is 0.408 e. The molecule has 4 N–H and O–H groups in total. The van der Waals surface area contributed by atoms with Crippen molar-refractivity contribution < 1.29 is 28.7 Å². The molecule has 14 heteroatoms. The van der Waals surface area contributed by atoms with Gasteiger partial charge in [0, 0.05) is 18.7 Å². The van der Waals surface area contributed by atoms with Crippen LogP contribution in [0.15, 0.2) is 91.3 Å². The number of imidazole rings is 2. The summed E-state index contributed by atoms with van der Waals surface area (Å²) in [4.78, 5) is 72.6. The molecular formula is C50H58N8O6. The van der Waals surface area contributed by atoms with Crippen LogP contribution >= 0.6 is 0 Å². The highest BCUT2D eigenvalue weighted by atomic mass is 16.6. The standard InChI is InChI=1S/C50H58N8O6/c1-8-38(55-47(61)63-49(2,3)4)45(59)57-28-12-16-40(57)43-51-30-37(53-43)27-20-32-18-21-33(22-19-32)34-23-25-35(26-24-34)39-31-52-44(54-39)41-17-13-29-58(41)46(60)42(36-14-10-9-11-15-36)56-48(62)64-50(5,6)7/h9-11,14-15,18-19,21-26,30-31,38,40-42H,8,12-13,16-17,28-29H2,1-7H3,(H,51,53)(H,52,54)(H,55,61)(H,56,62). The van der Waals surface area contributed by atoms with Crippen molar-refractivity contribution in [3.63, 3.8) is 0 Å². The summed E-state index contributed by atoms with van der Waals surface area (Å²) < 4.78 is 10.9. The number of aromatic amines is 2. The lowest BCUT2D eigenvalue weighted by Crippen LogP contribution is -2.49. The molecule has 64 heavy (non-hydrogen) atoms. The van der Waals surface area contributed by atoms with Crippen LogP contribution in [0.1, 0.15) is 127 Å². The van der Waals surface area contributed by atoms with Crippen molar-refractivity contribution in [2.24, 2.45) is 0 Å². The summed E-state index contributed by atoms with van der Waals surface area (Å²) in [6.07, 6.45) is 5.81. The van der Waals surface area contributed by atoms with E-state index in [9.17, 15) is 19.2 Å². The molecule has 14 nitrogen and oxygen atoms in total. The maximum absolute atomic E-state index is 14.1. The van der Waals surface area contributed by atoms with Crippen molar-refractivity contribution in [3.8, 4) is 34.2 Å². The minimum Gasteiger partial charge on any atom is -0.444 e. The second kappa shape index (κ2) is 19.2. The first kappa shape index (κ1) is 45.2. The van der Waals surface area contributed by atoms with Crippen LogP contribution in [0.25, 0.3) is 22.4 Å². The second-order valence-corrected chi connectivity index (χ2v) is 18.2. The zero-order chi connectivity index (χ0) is 45.6. The summed E-state index contributed by atoms with van der Waals surface area (Å²) in [5.41, 5.74) is 4.67. The number of nitrogens with one attached hydrogen (secondary N) is 4. The molecule has 5 aromatic rings. The Morgan fingerprint density at radius 1 is 0.688 bits per heavy atom. The molecule has 2 aliphatic rings. The Labute approximate surface area is 374 Å². The first-order valence-corrected chi connectivity index (χ1v) is 22.0. The minimum atomic E-state index is -0.907. The van der Waals surface area contributed by atoms with Gasteiger partial charge in [0.15, 0.2) is 0 Å².